The Morgan fingerprint density at radius 1 is 1.35 bits per heavy atom. The van der Waals surface area contributed by atoms with Crippen LogP contribution in [0.2, 0.25) is 0 Å². The molecule has 0 saturated heterocycles. The predicted molar refractivity (Wildman–Crippen MR) is 69.1 cm³/mol. The number of nitrogens with one attached hydrogen (secondary N) is 1. The van der Waals surface area contributed by atoms with E-state index in [-0.39, 0.29) is 5.56 Å². The SMILES string of the molecule is CC(C)NCCn1c(=O)cnc2ccccc21. The minimum atomic E-state index is -0.0470. The largest absolute Gasteiger partial charge is 0.313 e. The van der Waals surface area contributed by atoms with Gasteiger partial charge in [0.15, 0.2) is 0 Å². The Kier molecular flexibility index (Phi) is 3.54. The van der Waals surface area contributed by atoms with Crippen LogP contribution in [0.4, 0.5) is 0 Å². The van der Waals surface area contributed by atoms with E-state index in [0.29, 0.717) is 12.6 Å². The standard InChI is InChI=1S/C13H17N3O/c1-10(2)14-7-8-16-12-6-4-3-5-11(12)15-9-13(16)17/h3-6,9-10,14H,7-8H2,1-2H3. The fourth-order valence-electron chi connectivity index (χ4n) is 1.81. The second-order valence-corrected chi connectivity index (χ2v) is 4.35. The quantitative estimate of drug-likeness (QED) is 0.865. The summed E-state index contributed by atoms with van der Waals surface area (Å²) in [5.74, 6) is 0. The lowest BCUT2D eigenvalue weighted by atomic mass is 10.3. The molecule has 0 radical (unpaired) electrons. The first-order chi connectivity index (χ1) is 8.18. The van der Waals surface area contributed by atoms with Gasteiger partial charge in [-0.25, -0.2) is 4.98 Å². The zero-order valence-electron chi connectivity index (χ0n) is 10.2. The fourth-order valence-corrected chi connectivity index (χ4v) is 1.81. The molecular weight excluding hydrogens is 214 g/mol. The molecule has 2 rings (SSSR count). The van der Waals surface area contributed by atoms with Gasteiger partial charge in [0.05, 0.1) is 17.2 Å². The third-order valence-corrected chi connectivity index (χ3v) is 2.64. The molecule has 0 fully saturated rings. The van der Waals surface area contributed by atoms with Crippen molar-refractivity contribution in [3.63, 3.8) is 0 Å². The second kappa shape index (κ2) is 5.10. The Bertz CT molecular complexity index is 560. The van der Waals surface area contributed by atoms with E-state index in [4.69, 9.17) is 0 Å². The van der Waals surface area contributed by atoms with Crippen molar-refractivity contribution < 1.29 is 0 Å². The van der Waals surface area contributed by atoms with Crippen LogP contribution in [0.3, 0.4) is 0 Å². The molecule has 0 saturated carbocycles. The van der Waals surface area contributed by atoms with Crippen molar-refractivity contribution in [2.24, 2.45) is 0 Å². The summed E-state index contributed by atoms with van der Waals surface area (Å²) in [6, 6.07) is 8.13. The summed E-state index contributed by atoms with van der Waals surface area (Å²) < 4.78 is 1.76. The molecule has 0 unspecified atom stereocenters. The normalized spacial score (nSPS) is 11.2. The minimum Gasteiger partial charge on any atom is -0.313 e. The number of fused-ring (bicyclic) bond motifs is 1. The van der Waals surface area contributed by atoms with Gasteiger partial charge in [-0.2, -0.15) is 0 Å². The van der Waals surface area contributed by atoms with E-state index in [2.05, 4.69) is 24.1 Å². The number of nitrogens with zero attached hydrogens (tertiary/aromatic N) is 2. The molecule has 0 aliphatic heterocycles. The first-order valence-electron chi connectivity index (χ1n) is 5.86. The average molecular weight is 231 g/mol. The maximum absolute atomic E-state index is 11.8. The Balaban J connectivity index is 2.31. The van der Waals surface area contributed by atoms with Crippen LogP contribution in [0.1, 0.15) is 13.8 Å². The van der Waals surface area contributed by atoms with Crippen molar-refractivity contribution in [2.75, 3.05) is 6.54 Å². The molecule has 1 aromatic heterocycles. The fraction of sp³-hybridized carbons (Fsp3) is 0.385. The molecule has 1 N–H and O–H groups in total. The lowest BCUT2D eigenvalue weighted by Gasteiger charge is -2.11. The Labute approximate surface area is 100 Å². The van der Waals surface area contributed by atoms with E-state index < -0.39 is 0 Å². The Morgan fingerprint density at radius 3 is 2.88 bits per heavy atom. The molecule has 0 bridgehead atoms. The average Bonchev–Trinajstić information content (AvgIpc) is 2.32. The number of aromatic nitrogens is 2. The molecule has 1 heterocycles. The number of rotatable bonds is 4. The molecule has 4 heteroatoms. The lowest BCUT2D eigenvalue weighted by molar-refractivity contribution is 0.541. The summed E-state index contributed by atoms with van der Waals surface area (Å²) >= 11 is 0. The summed E-state index contributed by atoms with van der Waals surface area (Å²) in [4.78, 5) is 15.9. The van der Waals surface area contributed by atoms with E-state index in [0.717, 1.165) is 17.6 Å². The Hall–Kier alpha value is -1.68. The van der Waals surface area contributed by atoms with Crippen molar-refractivity contribution in [1.82, 2.24) is 14.9 Å². The number of para-hydroxylation sites is 2. The number of benzene rings is 1. The highest BCUT2D eigenvalue weighted by Gasteiger charge is 2.03. The molecule has 0 spiro atoms. The molecule has 0 aliphatic rings. The van der Waals surface area contributed by atoms with Crippen LogP contribution in [0.25, 0.3) is 11.0 Å². The van der Waals surface area contributed by atoms with Crippen molar-refractivity contribution >= 4 is 11.0 Å². The van der Waals surface area contributed by atoms with Crippen molar-refractivity contribution in [1.29, 1.82) is 0 Å². The van der Waals surface area contributed by atoms with Gasteiger partial charge in [-0.3, -0.25) is 4.79 Å². The topological polar surface area (TPSA) is 46.9 Å². The second-order valence-electron chi connectivity index (χ2n) is 4.35. The zero-order chi connectivity index (χ0) is 12.3. The molecule has 4 nitrogen and oxygen atoms in total. The molecule has 0 amide bonds. The van der Waals surface area contributed by atoms with Gasteiger partial charge in [0.25, 0.3) is 5.56 Å². The van der Waals surface area contributed by atoms with Crippen molar-refractivity contribution in [3.05, 3.63) is 40.8 Å². The summed E-state index contributed by atoms with van der Waals surface area (Å²) in [5, 5.41) is 3.31. The van der Waals surface area contributed by atoms with E-state index in [9.17, 15) is 4.79 Å². The van der Waals surface area contributed by atoms with Crippen LogP contribution in [-0.2, 0) is 6.54 Å². The van der Waals surface area contributed by atoms with Crippen LogP contribution < -0.4 is 10.9 Å². The first-order valence-corrected chi connectivity index (χ1v) is 5.86. The van der Waals surface area contributed by atoms with Gasteiger partial charge in [-0.05, 0) is 12.1 Å². The van der Waals surface area contributed by atoms with Gasteiger partial charge in [0, 0.05) is 19.1 Å². The van der Waals surface area contributed by atoms with Gasteiger partial charge in [-0.15, -0.1) is 0 Å². The van der Waals surface area contributed by atoms with Gasteiger partial charge in [-0.1, -0.05) is 26.0 Å². The molecule has 0 atom stereocenters. The smallest absolute Gasteiger partial charge is 0.269 e. The highest BCUT2D eigenvalue weighted by Crippen LogP contribution is 2.07. The molecular formula is C13H17N3O. The number of hydrogen-bond acceptors (Lipinski definition) is 3. The molecule has 2 aromatic rings. The number of hydrogen-bond donors (Lipinski definition) is 1. The lowest BCUT2D eigenvalue weighted by Crippen LogP contribution is -2.30. The molecule has 17 heavy (non-hydrogen) atoms. The highest BCUT2D eigenvalue weighted by atomic mass is 16.1. The monoisotopic (exact) mass is 231 g/mol. The van der Waals surface area contributed by atoms with Gasteiger partial charge in [0.1, 0.15) is 0 Å². The molecule has 0 aliphatic carbocycles. The van der Waals surface area contributed by atoms with Crippen LogP contribution in [0.15, 0.2) is 35.3 Å². The third kappa shape index (κ3) is 2.71. The summed E-state index contributed by atoms with van der Waals surface area (Å²) in [5.41, 5.74) is 1.71. The van der Waals surface area contributed by atoms with E-state index in [1.54, 1.807) is 4.57 Å². The summed E-state index contributed by atoms with van der Waals surface area (Å²) in [6.07, 6.45) is 1.39. The van der Waals surface area contributed by atoms with Gasteiger partial charge >= 0.3 is 0 Å². The van der Waals surface area contributed by atoms with Crippen LogP contribution in [-0.4, -0.2) is 22.1 Å². The van der Waals surface area contributed by atoms with Gasteiger partial charge < -0.3 is 9.88 Å². The van der Waals surface area contributed by atoms with E-state index >= 15 is 0 Å². The van der Waals surface area contributed by atoms with Crippen molar-refractivity contribution in [2.45, 2.75) is 26.4 Å². The van der Waals surface area contributed by atoms with E-state index in [1.165, 1.54) is 6.20 Å². The predicted octanol–water partition coefficient (Wildman–Crippen LogP) is 1.39. The van der Waals surface area contributed by atoms with Crippen LogP contribution >= 0.6 is 0 Å². The van der Waals surface area contributed by atoms with Crippen LogP contribution in [0, 0.1) is 0 Å². The molecule has 1 aromatic carbocycles. The van der Waals surface area contributed by atoms with Crippen molar-refractivity contribution in [3.8, 4) is 0 Å². The summed E-state index contributed by atoms with van der Waals surface area (Å²) in [7, 11) is 0. The highest BCUT2D eigenvalue weighted by molar-refractivity contribution is 5.74. The maximum atomic E-state index is 11.8. The summed E-state index contributed by atoms with van der Waals surface area (Å²) in [6.45, 7) is 5.63. The van der Waals surface area contributed by atoms with Gasteiger partial charge in [0.2, 0.25) is 0 Å². The zero-order valence-corrected chi connectivity index (χ0v) is 10.2. The van der Waals surface area contributed by atoms with E-state index in [1.807, 2.05) is 24.3 Å². The maximum Gasteiger partial charge on any atom is 0.269 e. The molecule has 90 valence electrons. The van der Waals surface area contributed by atoms with Crippen LogP contribution in [0.5, 0.6) is 0 Å². The minimum absolute atomic E-state index is 0.0470. The Morgan fingerprint density at radius 2 is 2.12 bits per heavy atom. The first kappa shape index (κ1) is 11.8. The third-order valence-electron chi connectivity index (χ3n) is 2.64.